The Bertz CT molecular complexity index is 1590. The van der Waals surface area contributed by atoms with Crippen LogP contribution in [-0.2, 0) is 47.9 Å². The van der Waals surface area contributed by atoms with Gasteiger partial charge in [0.1, 0.15) is 18.1 Å². The van der Waals surface area contributed by atoms with Gasteiger partial charge in [-0.15, -0.1) is 0 Å². The van der Waals surface area contributed by atoms with E-state index in [0.717, 1.165) is 57.8 Å². The van der Waals surface area contributed by atoms with E-state index in [1.165, 1.54) is 11.3 Å². The summed E-state index contributed by atoms with van der Waals surface area (Å²) in [6.07, 6.45) is 12.1. The predicted octanol–water partition coefficient (Wildman–Crippen LogP) is -1.96. The van der Waals surface area contributed by atoms with Crippen LogP contribution >= 0.6 is 0 Å². The predicted molar refractivity (Wildman–Crippen MR) is 247 cm³/mol. The number of carbonyl (C=O) groups excluding carboxylic acids is 10. The van der Waals surface area contributed by atoms with E-state index in [2.05, 4.69) is 49.5 Å². The Morgan fingerprint density at radius 3 is 1.74 bits per heavy atom. The summed E-state index contributed by atoms with van der Waals surface area (Å²) in [5.74, 6) is -6.94. The van der Waals surface area contributed by atoms with Crippen molar-refractivity contribution in [2.24, 2.45) is 35.0 Å². The van der Waals surface area contributed by atoms with Crippen molar-refractivity contribution in [3.8, 4) is 0 Å². The van der Waals surface area contributed by atoms with E-state index in [1.807, 2.05) is 6.92 Å². The number of nitrogens with two attached hydrogens (primary N) is 3. The molecule has 0 spiro atoms. The first kappa shape index (κ1) is 58.6. The lowest BCUT2D eigenvalue weighted by Gasteiger charge is -2.31. The molecule has 0 bridgehead atoms. The number of nitrogens with zero attached hydrogens (tertiary/aromatic N) is 1. The van der Waals surface area contributed by atoms with Gasteiger partial charge in [-0.2, -0.15) is 0 Å². The summed E-state index contributed by atoms with van der Waals surface area (Å²) in [6, 6.07) is -4.05. The van der Waals surface area contributed by atoms with Crippen LogP contribution in [0.15, 0.2) is 0 Å². The van der Waals surface area contributed by atoms with Gasteiger partial charge in [0.05, 0.1) is 45.3 Å². The van der Waals surface area contributed by atoms with Crippen molar-refractivity contribution in [3.05, 3.63) is 0 Å². The minimum absolute atomic E-state index is 0.0174. The van der Waals surface area contributed by atoms with Crippen LogP contribution in [0.25, 0.3) is 0 Å². The molecule has 66 heavy (non-hydrogen) atoms. The van der Waals surface area contributed by atoms with E-state index in [-0.39, 0.29) is 38.5 Å². The highest BCUT2D eigenvalue weighted by Crippen LogP contribution is 2.27. The lowest BCUT2D eigenvalue weighted by Crippen LogP contribution is -2.58. The molecule has 10 amide bonds. The van der Waals surface area contributed by atoms with Gasteiger partial charge in [0.25, 0.3) is 0 Å². The zero-order chi connectivity index (χ0) is 49.6. The van der Waals surface area contributed by atoms with Crippen LogP contribution in [0.1, 0.15) is 125 Å². The smallest absolute Gasteiger partial charge is 0.245 e. The summed E-state index contributed by atoms with van der Waals surface area (Å²) in [6.45, 7) is 6.48. The number of amides is 10. The Balaban J connectivity index is 2.69. The second-order valence-corrected chi connectivity index (χ2v) is 17.5. The van der Waals surface area contributed by atoms with E-state index in [1.54, 1.807) is 20.8 Å². The third-order valence-electron chi connectivity index (χ3n) is 11.4. The van der Waals surface area contributed by atoms with Crippen LogP contribution in [-0.4, -0.2) is 140 Å². The van der Waals surface area contributed by atoms with Crippen LogP contribution in [0.4, 0.5) is 0 Å². The number of nitrogens with one attached hydrogen (secondary N) is 8. The molecule has 1 aliphatic carbocycles. The molecule has 0 saturated heterocycles. The highest BCUT2D eigenvalue weighted by Gasteiger charge is 2.33. The molecule has 1 aliphatic rings. The number of hydrogen-bond donors (Lipinski definition) is 11. The molecule has 0 heterocycles. The summed E-state index contributed by atoms with van der Waals surface area (Å²) >= 11 is 0. The number of primary amides is 1. The average molecular weight is 937 g/mol. The number of unbranched alkanes of at least 4 members (excludes halogenated alkanes) is 5. The first-order valence-electron chi connectivity index (χ1n) is 23.6. The Morgan fingerprint density at radius 1 is 0.606 bits per heavy atom. The second-order valence-electron chi connectivity index (χ2n) is 17.5. The largest absolute Gasteiger partial charge is 0.368 e. The SMILES string of the molecule is CCCCCCCCN(CC(=O)NCC(N)=O)C(=O)C(NC(=O)[C@H](CCN)NC(=O)CNC(=O)CNC(=O)CNC(=O)C(NC(=O)CNC(=O)C(N)CC1CCCCC1)C(C)CC)C(C)C. The molecule has 1 fully saturated rings. The van der Waals surface area contributed by atoms with E-state index in [9.17, 15) is 47.9 Å². The van der Waals surface area contributed by atoms with Gasteiger partial charge >= 0.3 is 0 Å². The van der Waals surface area contributed by atoms with Gasteiger partial charge in [0.15, 0.2) is 0 Å². The van der Waals surface area contributed by atoms with Crippen molar-refractivity contribution < 1.29 is 47.9 Å². The van der Waals surface area contributed by atoms with Crippen molar-refractivity contribution in [2.75, 3.05) is 52.4 Å². The average Bonchev–Trinajstić information content (AvgIpc) is 3.28. The van der Waals surface area contributed by atoms with Gasteiger partial charge in [-0.3, -0.25) is 47.9 Å². The summed E-state index contributed by atoms with van der Waals surface area (Å²) in [7, 11) is 0. The monoisotopic (exact) mass is 937 g/mol. The van der Waals surface area contributed by atoms with Crippen molar-refractivity contribution >= 4 is 59.1 Å². The zero-order valence-corrected chi connectivity index (χ0v) is 39.9. The van der Waals surface area contributed by atoms with Crippen molar-refractivity contribution in [3.63, 3.8) is 0 Å². The summed E-state index contributed by atoms with van der Waals surface area (Å²) in [5.41, 5.74) is 17.0. The second kappa shape index (κ2) is 33.1. The number of hydrogen-bond acceptors (Lipinski definition) is 12. The standard InChI is InChI=1S/C44H80N12O10/c1-6-8-9-10-11-15-20-56(27-38(62)48-22-33(47)57)44(66)39(28(3)4)55-42(64)32(18-19-45)53-36(60)25-50-34(58)23-49-35(59)24-52-43(65)40(29(5)7-2)54-37(61)26-51-41(63)31(46)21-30-16-13-12-14-17-30/h28-32,39-40H,6-27,45-46H2,1-5H3,(H2,47,57)(H,48,62)(H,49,59)(H,50,58)(H,51,63)(H,52,65)(H,53,60)(H,54,61)(H,55,64)/t29?,31?,32-,39?,40?/m0/s1. The highest BCUT2D eigenvalue weighted by molar-refractivity contribution is 5.96. The fourth-order valence-corrected chi connectivity index (χ4v) is 7.28. The van der Waals surface area contributed by atoms with Crippen LogP contribution in [0.2, 0.25) is 0 Å². The van der Waals surface area contributed by atoms with Crippen LogP contribution in [0.5, 0.6) is 0 Å². The molecular weight excluding hydrogens is 857 g/mol. The first-order valence-corrected chi connectivity index (χ1v) is 23.6. The summed E-state index contributed by atoms with van der Waals surface area (Å²) < 4.78 is 0. The Kier molecular flexibility index (Phi) is 29.4. The fourth-order valence-electron chi connectivity index (χ4n) is 7.28. The maximum Gasteiger partial charge on any atom is 0.245 e. The first-order chi connectivity index (χ1) is 31.3. The molecule has 376 valence electrons. The lowest BCUT2D eigenvalue weighted by molar-refractivity contribution is -0.141. The maximum atomic E-state index is 13.8. The molecule has 0 aliphatic heterocycles. The Morgan fingerprint density at radius 2 is 1.15 bits per heavy atom. The van der Waals surface area contributed by atoms with Crippen molar-refractivity contribution in [1.82, 2.24) is 47.4 Å². The Labute approximate surface area is 389 Å². The van der Waals surface area contributed by atoms with E-state index >= 15 is 0 Å². The topological polar surface area (TPSA) is 348 Å². The normalized spacial score (nSPS) is 14.8. The number of carbonyl (C=O) groups is 10. The maximum absolute atomic E-state index is 13.8. The van der Waals surface area contributed by atoms with Gasteiger partial charge < -0.3 is 64.6 Å². The molecule has 22 heteroatoms. The van der Waals surface area contributed by atoms with Gasteiger partial charge in [-0.25, -0.2) is 0 Å². The molecule has 1 saturated carbocycles. The van der Waals surface area contributed by atoms with Gasteiger partial charge in [0, 0.05) is 6.54 Å². The molecule has 0 radical (unpaired) electrons. The Hall–Kier alpha value is -5.38. The summed E-state index contributed by atoms with van der Waals surface area (Å²) in [4.78, 5) is 129. The zero-order valence-electron chi connectivity index (χ0n) is 39.9. The van der Waals surface area contributed by atoms with E-state index in [0.29, 0.717) is 25.2 Å². The third kappa shape index (κ3) is 24.8. The molecule has 0 aromatic carbocycles. The van der Waals surface area contributed by atoms with Crippen LogP contribution in [0.3, 0.4) is 0 Å². The van der Waals surface area contributed by atoms with Crippen LogP contribution in [0, 0.1) is 17.8 Å². The highest BCUT2D eigenvalue weighted by atomic mass is 16.2. The third-order valence-corrected chi connectivity index (χ3v) is 11.4. The minimum atomic E-state index is -1.19. The van der Waals surface area contributed by atoms with Gasteiger partial charge in [-0.05, 0) is 43.6 Å². The molecule has 0 aromatic rings. The molecule has 0 aromatic heterocycles. The van der Waals surface area contributed by atoms with E-state index in [4.69, 9.17) is 17.2 Å². The molecule has 22 nitrogen and oxygen atoms in total. The molecule has 1 rings (SSSR count). The number of rotatable bonds is 33. The molecule has 5 atom stereocenters. The minimum Gasteiger partial charge on any atom is -0.368 e. The quantitative estimate of drug-likeness (QED) is 0.0320. The molecular formula is C44H80N12O10. The van der Waals surface area contributed by atoms with Gasteiger partial charge in [0.2, 0.25) is 59.1 Å². The molecule has 4 unspecified atom stereocenters. The van der Waals surface area contributed by atoms with Crippen molar-refractivity contribution in [1.29, 1.82) is 0 Å². The van der Waals surface area contributed by atoms with Crippen LogP contribution < -0.4 is 59.7 Å². The van der Waals surface area contributed by atoms with E-state index < -0.39 is 115 Å². The fraction of sp³-hybridized carbons (Fsp3) is 0.773. The lowest BCUT2D eigenvalue weighted by atomic mass is 9.85. The van der Waals surface area contributed by atoms with Crippen molar-refractivity contribution in [2.45, 2.75) is 149 Å². The summed E-state index contributed by atoms with van der Waals surface area (Å²) in [5, 5.41) is 19.8. The molecule has 14 N–H and O–H groups in total. The van der Waals surface area contributed by atoms with Gasteiger partial charge in [-0.1, -0.05) is 105 Å².